The summed E-state index contributed by atoms with van der Waals surface area (Å²) in [6.07, 6.45) is 0.549. The first kappa shape index (κ1) is 20.2. The predicted molar refractivity (Wildman–Crippen MR) is 111 cm³/mol. The summed E-state index contributed by atoms with van der Waals surface area (Å²) < 4.78 is 10.8. The Morgan fingerprint density at radius 3 is 2.67 bits per heavy atom. The molecule has 0 N–H and O–H groups in total. The van der Waals surface area contributed by atoms with Crippen LogP contribution in [0, 0.1) is 0 Å². The lowest BCUT2D eigenvalue weighted by Gasteiger charge is -2.25. The minimum absolute atomic E-state index is 0.0577. The number of tetrazole rings is 1. The number of likely N-dealkylation sites (N-methyl/N-ethyl adjacent to an activating group) is 1. The molecule has 8 nitrogen and oxygen atoms in total. The summed E-state index contributed by atoms with van der Waals surface area (Å²) in [6, 6.07) is 12.4. The van der Waals surface area contributed by atoms with Crippen molar-refractivity contribution < 1.29 is 14.3 Å². The zero-order valence-electron chi connectivity index (χ0n) is 16.8. The second-order valence-electron chi connectivity index (χ2n) is 6.90. The van der Waals surface area contributed by atoms with E-state index in [9.17, 15) is 4.79 Å². The molecule has 0 saturated heterocycles. The molecule has 2 aromatic carbocycles. The molecule has 1 unspecified atom stereocenters. The SMILES string of the molecule is CCC(C(=O)N(CC)Cc1ccc2c(c1)OCO2)n1nnc(-c2ccc(Cl)cc2)n1. The van der Waals surface area contributed by atoms with Crippen LogP contribution in [0.1, 0.15) is 31.9 Å². The Morgan fingerprint density at radius 1 is 1.17 bits per heavy atom. The van der Waals surface area contributed by atoms with Crippen molar-refractivity contribution in [2.75, 3.05) is 13.3 Å². The minimum Gasteiger partial charge on any atom is -0.454 e. The van der Waals surface area contributed by atoms with Gasteiger partial charge in [0, 0.05) is 23.7 Å². The van der Waals surface area contributed by atoms with Gasteiger partial charge in [0.2, 0.25) is 18.5 Å². The third-order valence-electron chi connectivity index (χ3n) is 4.99. The third kappa shape index (κ3) is 4.09. The zero-order chi connectivity index (χ0) is 21.1. The van der Waals surface area contributed by atoms with Crippen LogP contribution in [0.2, 0.25) is 5.02 Å². The highest BCUT2D eigenvalue weighted by Gasteiger charge is 2.27. The van der Waals surface area contributed by atoms with Crippen LogP contribution in [-0.4, -0.2) is 44.4 Å². The molecule has 0 fully saturated rings. The number of benzene rings is 2. The fourth-order valence-electron chi connectivity index (χ4n) is 3.32. The second kappa shape index (κ2) is 8.71. The number of amides is 1. The fraction of sp³-hybridized carbons (Fsp3) is 0.333. The van der Waals surface area contributed by atoms with Crippen molar-refractivity contribution in [1.82, 2.24) is 25.1 Å². The predicted octanol–water partition coefficient (Wildman–Crippen LogP) is 3.72. The average molecular weight is 428 g/mol. The van der Waals surface area contributed by atoms with Gasteiger partial charge in [-0.05, 0) is 60.5 Å². The highest BCUT2D eigenvalue weighted by molar-refractivity contribution is 6.30. The van der Waals surface area contributed by atoms with Crippen LogP contribution in [0.15, 0.2) is 42.5 Å². The summed E-state index contributed by atoms with van der Waals surface area (Å²) in [5.74, 6) is 1.82. The standard InChI is InChI=1S/C21H22ClN5O3/c1-3-17(27-24-20(23-25-27)15-6-8-16(22)9-7-15)21(28)26(4-2)12-14-5-10-18-19(11-14)30-13-29-18/h5-11,17H,3-4,12-13H2,1-2H3. The Hall–Kier alpha value is -3.13. The maximum atomic E-state index is 13.3. The van der Waals surface area contributed by atoms with Crippen LogP contribution in [0.25, 0.3) is 11.4 Å². The first-order valence-electron chi connectivity index (χ1n) is 9.81. The first-order valence-corrected chi connectivity index (χ1v) is 10.2. The lowest BCUT2D eigenvalue weighted by molar-refractivity contribution is -0.136. The van der Waals surface area contributed by atoms with Crippen molar-refractivity contribution in [3.63, 3.8) is 0 Å². The molecule has 9 heteroatoms. The lowest BCUT2D eigenvalue weighted by atomic mass is 10.1. The highest BCUT2D eigenvalue weighted by atomic mass is 35.5. The largest absolute Gasteiger partial charge is 0.454 e. The number of hydrogen-bond acceptors (Lipinski definition) is 6. The fourth-order valence-corrected chi connectivity index (χ4v) is 3.45. The molecule has 1 aliphatic heterocycles. The summed E-state index contributed by atoms with van der Waals surface area (Å²) in [5, 5.41) is 13.3. The molecular weight excluding hydrogens is 406 g/mol. The monoisotopic (exact) mass is 427 g/mol. The molecule has 0 spiro atoms. The Bertz CT molecular complexity index is 1040. The van der Waals surface area contributed by atoms with E-state index in [1.54, 1.807) is 17.0 Å². The van der Waals surface area contributed by atoms with Gasteiger partial charge >= 0.3 is 0 Å². The number of carbonyl (C=O) groups is 1. The van der Waals surface area contributed by atoms with E-state index < -0.39 is 6.04 Å². The summed E-state index contributed by atoms with van der Waals surface area (Å²) in [6.45, 7) is 5.12. The summed E-state index contributed by atoms with van der Waals surface area (Å²) in [5.41, 5.74) is 1.76. The smallest absolute Gasteiger partial charge is 0.249 e. The van der Waals surface area contributed by atoms with E-state index in [-0.39, 0.29) is 12.7 Å². The number of carbonyl (C=O) groups excluding carboxylic acids is 1. The van der Waals surface area contributed by atoms with Crippen LogP contribution >= 0.6 is 11.6 Å². The molecule has 30 heavy (non-hydrogen) atoms. The van der Waals surface area contributed by atoms with Crippen LogP contribution in [0.3, 0.4) is 0 Å². The molecule has 1 atom stereocenters. The summed E-state index contributed by atoms with van der Waals surface area (Å²) >= 11 is 5.94. The van der Waals surface area contributed by atoms with Crippen molar-refractivity contribution in [2.24, 2.45) is 0 Å². The van der Waals surface area contributed by atoms with E-state index in [1.807, 2.05) is 44.2 Å². The van der Waals surface area contributed by atoms with Crippen molar-refractivity contribution >= 4 is 17.5 Å². The Kier molecular flexibility index (Phi) is 5.85. The van der Waals surface area contributed by atoms with Crippen LogP contribution in [0.5, 0.6) is 11.5 Å². The number of hydrogen-bond donors (Lipinski definition) is 0. The molecular formula is C21H22ClN5O3. The number of halogens is 1. The molecule has 1 aromatic heterocycles. The lowest BCUT2D eigenvalue weighted by Crippen LogP contribution is -2.37. The van der Waals surface area contributed by atoms with Gasteiger partial charge in [0.05, 0.1) is 0 Å². The van der Waals surface area contributed by atoms with Crippen molar-refractivity contribution in [3.05, 3.63) is 53.1 Å². The van der Waals surface area contributed by atoms with E-state index in [2.05, 4.69) is 15.4 Å². The summed E-state index contributed by atoms with van der Waals surface area (Å²) in [4.78, 5) is 16.4. The topological polar surface area (TPSA) is 82.4 Å². The molecule has 3 aromatic rings. The Morgan fingerprint density at radius 2 is 1.93 bits per heavy atom. The maximum absolute atomic E-state index is 13.3. The molecule has 0 saturated carbocycles. The normalized spacial score (nSPS) is 13.3. The van der Waals surface area contributed by atoms with Gasteiger partial charge in [0.25, 0.3) is 0 Å². The van der Waals surface area contributed by atoms with Crippen LogP contribution < -0.4 is 9.47 Å². The molecule has 2 heterocycles. The molecule has 1 amide bonds. The first-order chi connectivity index (χ1) is 14.6. The quantitative estimate of drug-likeness (QED) is 0.571. The van der Waals surface area contributed by atoms with Gasteiger partial charge in [0.1, 0.15) is 0 Å². The van der Waals surface area contributed by atoms with Gasteiger partial charge in [-0.15, -0.1) is 10.2 Å². The highest BCUT2D eigenvalue weighted by Crippen LogP contribution is 2.33. The number of rotatable bonds is 7. The van der Waals surface area contributed by atoms with Gasteiger partial charge in [-0.3, -0.25) is 4.79 Å². The van der Waals surface area contributed by atoms with Gasteiger partial charge in [0.15, 0.2) is 17.5 Å². The van der Waals surface area contributed by atoms with E-state index in [1.165, 1.54) is 4.80 Å². The molecule has 4 rings (SSSR count). The van der Waals surface area contributed by atoms with Crippen molar-refractivity contribution in [1.29, 1.82) is 0 Å². The van der Waals surface area contributed by atoms with Crippen LogP contribution in [-0.2, 0) is 11.3 Å². The summed E-state index contributed by atoms with van der Waals surface area (Å²) in [7, 11) is 0. The van der Waals surface area contributed by atoms with Crippen molar-refractivity contribution in [2.45, 2.75) is 32.9 Å². The Labute approximate surface area is 179 Å². The minimum atomic E-state index is -0.535. The average Bonchev–Trinajstić information content (AvgIpc) is 3.42. The molecule has 0 radical (unpaired) electrons. The van der Waals surface area contributed by atoms with Crippen molar-refractivity contribution in [3.8, 4) is 22.9 Å². The van der Waals surface area contributed by atoms with E-state index in [0.717, 1.165) is 16.9 Å². The van der Waals surface area contributed by atoms with Gasteiger partial charge in [-0.2, -0.15) is 4.80 Å². The number of fused-ring (bicyclic) bond motifs is 1. The van der Waals surface area contributed by atoms with E-state index >= 15 is 0 Å². The van der Waals surface area contributed by atoms with E-state index in [4.69, 9.17) is 21.1 Å². The number of nitrogens with zero attached hydrogens (tertiary/aromatic N) is 5. The molecule has 0 aliphatic carbocycles. The van der Waals surface area contributed by atoms with Gasteiger partial charge in [-0.1, -0.05) is 24.6 Å². The molecule has 0 bridgehead atoms. The zero-order valence-corrected chi connectivity index (χ0v) is 17.5. The second-order valence-corrected chi connectivity index (χ2v) is 7.34. The number of aromatic nitrogens is 4. The third-order valence-corrected chi connectivity index (χ3v) is 5.24. The molecule has 156 valence electrons. The van der Waals surface area contributed by atoms with Gasteiger partial charge < -0.3 is 14.4 Å². The molecule has 1 aliphatic rings. The maximum Gasteiger partial charge on any atom is 0.249 e. The van der Waals surface area contributed by atoms with Crippen LogP contribution in [0.4, 0.5) is 0 Å². The number of ether oxygens (including phenoxy) is 2. The van der Waals surface area contributed by atoms with Gasteiger partial charge in [-0.25, -0.2) is 0 Å². The Balaban J connectivity index is 1.51. The van der Waals surface area contributed by atoms with E-state index in [0.29, 0.717) is 36.1 Å².